The van der Waals surface area contributed by atoms with E-state index in [1.54, 1.807) is 0 Å². The number of nitrogens with two attached hydrogens (primary N) is 1. The molecule has 0 saturated carbocycles. The third-order valence-corrected chi connectivity index (χ3v) is 2.88. The van der Waals surface area contributed by atoms with Gasteiger partial charge in [0, 0.05) is 19.1 Å². The van der Waals surface area contributed by atoms with E-state index in [0.29, 0.717) is 23.9 Å². The van der Waals surface area contributed by atoms with Gasteiger partial charge in [-0.1, -0.05) is 5.10 Å². The number of aromatic nitrogens is 2. The number of ether oxygens (including phenoxy) is 1. The minimum absolute atomic E-state index is 0.225. The largest absolute Gasteiger partial charge is 0.406 e. The van der Waals surface area contributed by atoms with Crippen molar-refractivity contribution in [3.8, 4) is 0 Å². The Balaban J connectivity index is 1.84. The Morgan fingerprint density at radius 3 is 2.94 bits per heavy atom. The van der Waals surface area contributed by atoms with Crippen LogP contribution in [0.15, 0.2) is 4.42 Å². The van der Waals surface area contributed by atoms with E-state index < -0.39 is 0 Å². The van der Waals surface area contributed by atoms with Crippen LogP contribution in [-0.4, -0.2) is 29.5 Å². The molecule has 0 aromatic carbocycles. The monoisotopic (exact) mass is 226 g/mol. The molecule has 1 fully saturated rings. The van der Waals surface area contributed by atoms with E-state index in [4.69, 9.17) is 14.9 Å². The molecule has 0 aliphatic carbocycles. The zero-order valence-electron chi connectivity index (χ0n) is 9.64. The van der Waals surface area contributed by atoms with Gasteiger partial charge in [-0.3, -0.25) is 0 Å². The summed E-state index contributed by atoms with van der Waals surface area (Å²) in [6.07, 6.45) is 1.37. The third-order valence-electron chi connectivity index (χ3n) is 2.88. The summed E-state index contributed by atoms with van der Waals surface area (Å²) in [6, 6.07) is 0.211. The SMILES string of the molecule is CC(N)c1nnc(NCC2CCOC2C)o1. The topological polar surface area (TPSA) is 86.2 Å². The van der Waals surface area contributed by atoms with E-state index in [0.717, 1.165) is 19.6 Å². The normalized spacial score (nSPS) is 26.9. The lowest BCUT2D eigenvalue weighted by atomic mass is 10.0. The van der Waals surface area contributed by atoms with Gasteiger partial charge in [0.25, 0.3) is 0 Å². The Morgan fingerprint density at radius 1 is 1.56 bits per heavy atom. The van der Waals surface area contributed by atoms with Gasteiger partial charge >= 0.3 is 6.01 Å². The Labute approximate surface area is 94.6 Å². The minimum atomic E-state index is -0.225. The molecule has 3 unspecified atom stereocenters. The molecule has 90 valence electrons. The average molecular weight is 226 g/mol. The molecule has 0 bridgehead atoms. The highest BCUT2D eigenvalue weighted by molar-refractivity contribution is 5.17. The summed E-state index contributed by atoms with van der Waals surface area (Å²) in [6.45, 7) is 5.52. The Bertz CT molecular complexity index is 339. The van der Waals surface area contributed by atoms with Crippen molar-refractivity contribution >= 4 is 6.01 Å². The molecule has 0 radical (unpaired) electrons. The second-order valence-electron chi connectivity index (χ2n) is 4.24. The van der Waals surface area contributed by atoms with Gasteiger partial charge in [-0.25, -0.2) is 0 Å². The summed E-state index contributed by atoms with van der Waals surface area (Å²) >= 11 is 0. The second kappa shape index (κ2) is 4.80. The molecule has 1 saturated heterocycles. The summed E-state index contributed by atoms with van der Waals surface area (Å²) in [5, 5.41) is 10.8. The minimum Gasteiger partial charge on any atom is -0.406 e. The zero-order chi connectivity index (χ0) is 11.5. The van der Waals surface area contributed by atoms with Crippen LogP contribution in [0.1, 0.15) is 32.2 Å². The lowest BCUT2D eigenvalue weighted by molar-refractivity contribution is 0.108. The van der Waals surface area contributed by atoms with Crippen molar-refractivity contribution in [2.75, 3.05) is 18.5 Å². The van der Waals surface area contributed by atoms with Crippen molar-refractivity contribution in [1.82, 2.24) is 10.2 Å². The highest BCUT2D eigenvalue weighted by atomic mass is 16.5. The predicted molar refractivity (Wildman–Crippen MR) is 58.9 cm³/mol. The molecule has 16 heavy (non-hydrogen) atoms. The predicted octanol–water partition coefficient (Wildman–Crippen LogP) is 0.926. The molecule has 6 nitrogen and oxygen atoms in total. The lowest BCUT2D eigenvalue weighted by Gasteiger charge is -2.13. The van der Waals surface area contributed by atoms with Crippen molar-refractivity contribution < 1.29 is 9.15 Å². The summed E-state index contributed by atoms with van der Waals surface area (Å²) in [5.74, 6) is 0.962. The molecule has 1 aromatic rings. The van der Waals surface area contributed by atoms with E-state index >= 15 is 0 Å². The van der Waals surface area contributed by atoms with Gasteiger partial charge in [0.15, 0.2) is 0 Å². The molecule has 2 heterocycles. The Hall–Kier alpha value is -1.14. The van der Waals surface area contributed by atoms with Gasteiger partial charge < -0.3 is 20.2 Å². The fraction of sp³-hybridized carbons (Fsp3) is 0.800. The number of hydrogen-bond donors (Lipinski definition) is 2. The van der Waals surface area contributed by atoms with Crippen molar-refractivity contribution in [3.63, 3.8) is 0 Å². The number of rotatable bonds is 4. The van der Waals surface area contributed by atoms with Crippen molar-refractivity contribution in [1.29, 1.82) is 0 Å². The van der Waals surface area contributed by atoms with E-state index in [2.05, 4.69) is 22.4 Å². The van der Waals surface area contributed by atoms with Crippen LogP contribution in [-0.2, 0) is 4.74 Å². The van der Waals surface area contributed by atoms with Crippen LogP contribution in [0.25, 0.3) is 0 Å². The van der Waals surface area contributed by atoms with Gasteiger partial charge in [0.2, 0.25) is 5.89 Å². The highest BCUT2D eigenvalue weighted by Gasteiger charge is 2.24. The van der Waals surface area contributed by atoms with Crippen LogP contribution in [0.3, 0.4) is 0 Å². The maximum absolute atomic E-state index is 5.62. The molecule has 0 spiro atoms. The van der Waals surface area contributed by atoms with Crippen LogP contribution >= 0.6 is 0 Å². The van der Waals surface area contributed by atoms with Crippen LogP contribution in [0, 0.1) is 5.92 Å². The van der Waals surface area contributed by atoms with Gasteiger partial charge in [-0.2, -0.15) is 0 Å². The van der Waals surface area contributed by atoms with E-state index in [-0.39, 0.29) is 6.04 Å². The lowest BCUT2D eigenvalue weighted by Crippen LogP contribution is -2.20. The summed E-state index contributed by atoms with van der Waals surface area (Å²) in [4.78, 5) is 0. The summed E-state index contributed by atoms with van der Waals surface area (Å²) < 4.78 is 10.8. The standard InChI is InChI=1S/C10H18N4O2/c1-6(11)9-13-14-10(16-9)12-5-8-3-4-15-7(8)2/h6-8H,3-5,11H2,1-2H3,(H,12,14). The van der Waals surface area contributed by atoms with E-state index in [9.17, 15) is 0 Å². The first-order valence-electron chi connectivity index (χ1n) is 5.61. The average Bonchev–Trinajstić information content (AvgIpc) is 2.83. The van der Waals surface area contributed by atoms with Crippen LogP contribution in [0.5, 0.6) is 0 Å². The van der Waals surface area contributed by atoms with Gasteiger partial charge in [-0.15, -0.1) is 5.10 Å². The molecule has 3 atom stereocenters. The molecule has 1 aliphatic heterocycles. The molecular formula is C10H18N4O2. The van der Waals surface area contributed by atoms with E-state index in [1.807, 2.05) is 6.92 Å². The van der Waals surface area contributed by atoms with Gasteiger partial charge in [0.05, 0.1) is 12.1 Å². The molecule has 2 rings (SSSR count). The molecule has 1 aromatic heterocycles. The molecule has 6 heteroatoms. The fourth-order valence-corrected chi connectivity index (χ4v) is 1.75. The van der Waals surface area contributed by atoms with Crippen LogP contribution in [0.4, 0.5) is 6.01 Å². The quantitative estimate of drug-likeness (QED) is 0.794. The van der Waals surface area contributed by atoms with Crippen LogP contribution in [0.2, 0.25) is 0 Å². The molecule has 0 amide bonds. The number of hydrogen-bond acceptors (Lipinski definition) is 6. The number of nitrogens with zero attached hydrogens (tertiary/aromatic N) is 2. The van der Waals surface area contributed by atoms with E-state index in [1.165, 1.54) is 0 Å². The Kier molecular flexibility index (Phi) is 3.40. The van der Waals surface area contributed by atoms with Crippen molar-refractivity contribution in [2.45, 2.75) is 32.4 Å². The van der Waals surface area contributed by atoms with Gasteiger partial charge in [-0.05, 0) is 20.3 Å². The highest BCUT2D eigenvalue weighted by Crippen LogP contribution is 2.21. The van der Waals surface area contributed by atoms with Crippen molar-refractivity contribution in [3.05, 3.63) is 5.89 Å². The van der Waals surface area contributed by atoms with Crippen molar-refractivity contribution in [2.24, 2.45) is 11.7 Å². The number of nitrogens with one attached hydrogen (secondary N) is 1. The first-order valence-corrected chi connectivity index (χ1v) is 5.61. The number of anilines is 1. The smallest absolute Gasteiger partial charge is 0.315 e. The molecule has 1 aliphatic rings. The molecule has 3 N–H and O–H groups in total. The first kappa shape index (κ1) is 11.3. The maximum Gasteiger partial charge on any atom is 0.315 e. The van der Waals surface area contributed by atoms with Gasteiger partial charge in [0.1, 0.15) is 0 Å². The van der Waals surface area contributed by atoms with Crippen LogP contribution < -0.4 is 11.1 Å². The Morgan fingerprint density at radius 2 is 2.38 bits per heavy atom. The maximum atomic E-state index is 5.62. The fourth-order valence-electron chi connectivity index (χ4n) is 1.75. The molecular weight excluding hydrogens is 208 g/mol. The first-order chi connectivity index (χ1) is 7.66. The summed E-state index contributed by atoms with van der Waals surface area (Å²) in [5.41, 5.74) is 5.62. The zero-order valence-corrected chi connectivity index (χ0v) is 9.64. The third kappa shape index (κ3) is 2.51. The second-order valence-corrected chi connectivity index (χ2v) is 4.24. The summed E-state index contributed by atoms with van der Waals surface area (Å²) in [7, 11) is 0.